The maximum Gasteiger partial charge on any atom is 0.106 e. The van der Waals surface area contributed by atoms with Crippen LogP contribution in [0.2, 0.25) is 0 Å². The van der Waals surface area contributed by atoms with Crippen molar-refractivity contribution in [3.63, 3.8) is 0 Å². The zero-order valence-electron chi connectivity index (χ0n) is 13.7. The Labute approximate surface area is 128 Å². The lowest BCUT2D eigenvalue weighted by molar-refractivity contribution is 0.500. The summed E-state index contributed by atoms with van der Waals surface area (Å²) < 4.78 is 5.61. The van der Waals surface area contributed by atoms with Crippen LogP contribution in [-0.2, 0) is 6.42 Å². The standard InChI is InChI=1S/C19H27NO/c1-5-6-7-8-17-9-11-18(12-10-17)20-15(3)19-13-14(2)21-16(19)4/h9-13,15,20H,5-8H2,1-4H3. The first-order chi connectivity index (χ1) is 10.1. The number of anilines is 1. The summed E-state index contributed by atoms with van der Waals surface area (Å²) in [7, 11) is 0. The minimum Gasteiger partial charge on any atom is -0.466 e. The number of rotatable bonds is 7. The molecule has 0 bridgehead atoms. The third-order valence-electron chi connectivity index (χ3n) is 3.95. The molecule has 0 spiro atoms. The molecule has 2 nitrogen and oxygen atoms in total. The van der Waals surface area contributed by atoms with E-state index in [4.69, 9.17) is 4.42 Å². The summed E-state index contributed by atoms with van der Waals surface area (Å²) in [6.45, 7) is 8.44. The van der Waals surface area contributed by atoms with E-state index in [2.05, 4.69) is 49.5 Å². The van der Waals surface area contributed by atoms with Crippen molar-refractivity contribution in [2.45, 2.75) is 59.4 Å². The highest BCUT2D eigenvalue weighted by atomic mass is 16.3. The van der Waals surface area contributed by atoms with Gasteiger partial charge in [0.05, 0.1) is 6.04 Å². The van der Waals surface area contributed by atoms with Crippen LogP contribution in [0.5, 0.6) is 0 Å². The Bertz CT molecular complexity index is 553. The van der Waals surface area contributed by atoms with E-state index in [1.165, 1.54) is 42.5 Å². The second-order valence-electron chi connectivity index (χ2n) is 5.89. The van der Waals surface area contributed by atoms with Gasteiger partial charge < -0.3 is 9.73 Å². The van der Waals surface area contributed by atoms with Gasteiger partial charge in [-0.25, -0.2) is 0 Å². The van der Waals surface area contributed by atoms with E-state index < -0.39 is 0 Å². The summed E-state index contributed by atoms with van der Waals surface area (Å²) in [4.78, 5) is 0. The molecular formula is C19H27NO. The van der Waals surface area contributed by atoms with E-state index >= 15 is 0 Å². The van der Waals surface area contributed by atoms with Gasteiger partial charge in [-0.3, -0.25) is 0 Å². The maximum absolute atomic E-state index is 5.61. The molecule has 0 fully saturated rings. The molecule has 21 heavy (non-hydrogen) atoms. The molecule has 0 saturated heterocycles. The molecule has 0 aliphatic carbocycles. The second kappa shape index (κ2) is 7.35. The zero-order chi connectivity index (χ0) is 15.2. The van der Waals surface area contributed by atoms with Crippen molar-refractivity contribution in [2.75, 3.05) is 5.32 Å². The van der Waals surface area contributed by atoms with Crippen LogP contribution in [0.1, 0.15) is 61.8 Å². The van der Waals surface area contributed by atoms with Gasteiger partial charge in [-0.2, -0.15) is 0 Å². The van der Waals surface area contributed by atoms with Gasteiger partial charge in [0.15, 0.2) is 0 Å². The molecule has 0 amide bonds. The van der Waals surface area contributed by atoms with Crippen LogP contribution in [0.3, 0.4) is 0 Å². The van der Waals surface area contributed by atoms with Crippen LogP contribution in [0, 0.1) is 13.8 Å². The normalized spacial score (nSPS) is 12.4. The monoisotopic (exact) mass is 285 g/mol. The molecule has 1 aromatic carbocycles. The largest absolute Gasteiger partial charge is 0.466 e. The fourth-order valence-corrected chi connectivity index (χ4v) is 2.75. The lowest BCUT2D eigenvalue weighted by atomic mass is 10.1. The predicted molar refractivity (Wildman–Crippen MR) is 89.9 cm³/mol. The first-order valence-corrected chi connectivity index (χ1v) is 8.02. The Morgan fingerprint density at radius 2 is 1.81 bits per heavy atom. The van der Waals surface area contributed by atoms with Crippen LogP contribution in [0.4, 0.5) is 5.69 Å². The molecule has 1 aromatic heterocycles. The van der Waals surface area contributed by atoms with Crippen molar-refractivity contribution in [2.24, 2.45) is 0 Å². The minimum atomic E-state index is 0.258. The van der Waals surface area contributed by atoms with Crippen LogP contribution < -0.4 is 5.32 Å². The maximum atomic E-state index is 5.61. The highest BCUT2D eigenvalue weighted by molar-refractivity contribution is 5.47. The van der Waals surface area contributed by atoms with Crippen LogP contribution in [0.25, 0.3) is 0 Å². The minimum absolute atomic E-state index is 0.258. The molecule has 1 atom stereocenters. The van der Waals surface area contributed by atoms with E-state index in [0.717, 1.165) is 11.5 Å². The summed E-state index contributed by atoms with van der Waals surface area (Å²) in [6, 6.07) is 11.2. The summed E-state index contributed by atoms with van der Waals surface area (Å²) in [6.07, 6.45) is 5.06. The van der Waals surface area contributed by atoms with E-state index in [0.29, 0.717) is 0 Å². The molecule has 0 radical (unpaired) electrons. The molecule has 0 saturated carbocycles. The molecule has 1 N–H and O–H groups in total. The molecular weight excluding hydrogens is 258 g/mol. The smallest absolute Gasteiger partial charge is 0.106 e. The molecule has 0 aliphatic rings. The lowest BCUT2D eigenvalue weighted by Crippen LogP contribution is -2.06. The highest BCUT2D eigenvalue weighted by Crippen LogP contribution is 2.25. The van der Waals surface area contributed by atoms with Crippen molar-refractivity contribution >= 4 is 5.69 Å². The van der Waals surface area contributed by atoms with Crippen LogP contribution in [0.15, 0.2) is 34.7 Å². The number of nitrogens with one attached hydrogen (secondary N) is 1. The zero-order valence-corrected chi connectivity index (χ0v) is 13.7. The van der Waals surface area contributed by atoms with Gasteiger partial charge in [-0.05, 0) is 57.4 Å². The quantitative estimate of drug-likeness (QED) is 0.650. The van der Waals surface area contributed by atoms with Crippen molar-refractivity contribution in [1.82, 2.24) is 0 Å². The van der Waals surface area contributed by atoms with Crippen molar-refractivity contribution in [3.8, 4) is 0 Å². The molecule has 114 valence electrons. The number of aryl methyl sites for hydroxylation is 3. The Balaban J connectivity index is 1.95. The Hall–Kier alpha value is -1.70. The average Bonchev–Trinajstić information content (AvgIpc) is 2.80. The molecule has 2 heteroatoms. The predicted octanol–water partition coefficient (Wildman–Crippen LogP) is 5.80. The molecule has 1 unspecified atom stereocenters. The van der Waals surface area contributed by atoms with Gasteiger partial charge in [0, 0.05) is 11.3 Å². The SMILES string of the molecule is CCCCCc1ccc(NC(C)c2cc(C)oc2C)cc1. The Kier molecular flexibility index (Phi) is 5.49. The first kappa shape index (κ1) is 15.7. The second-order valence-corrected chi connectivity index (χ2v) is 5.89. The number of furan rings is 1. The van der Waals surface area contributed by atoms with Gasteiger partial charge in [0.1, 0.15) is 11.5 Å². The topological polar surface area (TPSA) is 25.2 Å². The molecule has 0 aliphatic heterocycles. The van der Waals surface area contributed by atoms with Gasteiger partial charge in [-0.15, -0.1) is 0 Å². The summed E-state index contributed by atoms with van der Waals surface area (Å²) in [5, 5.41) is 3.55. The number of benzene rings is 1. The van der Waals surface area contributed by atoms with E-state index in [9.17, 15) is 0 Å². The fraction of sp³-hybridized carbons (Fsp3) is 0.474. The van der Waals surface area contributed by atoms with E-state index in [1.807, 2.05) is 13.8 Å². The summed E-state index contributed by atoms with van der Waals surface area (Å²) in [5.41, 5.74) is 3.83. The van der Waals surface area contributed by atoms with E-state index in [1.54, 1.807) is 0 Å². The number of unbranched alkanes of at least 4 members (excludes halogenated alkanes) is 2. The highest BCUT2D eigenvalue weighted by Gasteiger charge is 2.12. The molecule has 2 rings (SSSR count). The summed E-state index contributed by atoms with van der Waals surface area (Å²) >= 11 is 0. The van der Waals surface area contributed by atoms with Gasteiger partial charge >= 0.3 is 0 Å². The van der Waals surface area contributed by atoms with Gasteiger partial charge in [-0.1, -0.05) is 31.9 Å². The van der Waals surface area contributed by atoms with Crippen molar-refractivity contribution in [1.29, 1.82) is 0 Å². The van der Waals surface area contributed by atoms with Crippen molar-refractivity contribution in [3.05, 3.63) is 53.0 Å². The van der Waals surface area contributed by atoms with Crippen molar-refractivity contribution < 1.29 is 4.42 Å². The Morgan fingerprint density at radius 3 is 2.38 bits per heavy atom. The molecule has 1 heterocycles. The average molecular weight is 285 g/mol. The fourth-order valence-electron chi connectivity index (χ4n) is 2.75. The van der Waals surface area contributed by atoms with Crippen LogP contribution in [-0.4, -0.2) is 0 Å². The van der Waals surface area contributed by atoms with Gasteiger partial charge in [0.2, 0.25) is 0 Å². The molecule has 2 aromatic rings. The Morgan fingerprint density at radius 1 is 1.10 bits per heavy atom. The van der Waals surface area contributed by atoms with Crippen LogP contribution >= 0.6 is 0 Å². The number of hydrogen-bond donors (Lipinski definition) is 1. The number of hydrogen-bond acceptors (Lipinski definition) is 2. The third-order valence-corrected chi connectivity index (χ3v) is 3.95. The van der Waals surface area contributed by atoms with E-state index in [-0.39, 0.29) is 6.04 Å². The lowest BCUT2D eigenvalue weighted by Gasteiger charge is -2.15. The first-order valence-electron chi connectivity index (χ1n) is 8.02. The summed E-state index contributed by atoms with van der Waals surface area (Å²) in [5.74, 6) is 1.98. The third kappa shape index (κ3) is 4.38. The van der Waals surface area contributed by atoms with Gasteiger partial charge in [0.25, 0.3) is 0 Å².